The zero-order valence-corrected chi connectivity index (χ0v) is 52.2. The Labute approximate surface area is 557 Å². The number of halogens is 3. The summed E-state index contributed by atoms with van der Waals surface area (Å²) in [6.45, 7) is 10.0. The number of nitrogens with two attached hydrogens (primary N) is 2. The first kappa shape index (κ1) is 75.1. The summed E-state index contributed by atoms with van der Waals surface area (Å²) in [7, 11) is 0. The first-order valence-electron chi connectivity index (χ1n) is 28.4. The number of rotatable bonds is 22. The number of benzene rings is 6. The zero-order chi connectivity index (χ0) is 65.2. The van der Waals surface area contributed by atoms with E-state index in [4.69, 9.17) is 60.9 Å². The molecule has 9 aromatic rings. The van der Waals surface area contributed by atoms with Crippen LogP contribution in [0, 0.1) is 43.4 Å². The number of nitrogen functional groups attached to an aromatic ring is 1. The van der Waals surface area contributed by atoms with Gasteiger partial charge < -0.3 is 50.4 Å². The molecular formula is C72H76Cl3N9O9. The standard InChI is InChI=1S/C24H22ClN3O3.C23H22ClN3O2.C22H20ClN3O4.3CH4/c1-3-31-24(30)11-7-19-6-10-23(20-8-5-18(25)13-21(20)27-15-29)28(19)22-9-4-17(14-26)12-16(22)2;1-3-29-23(28)11-7-18-6-10-22(19-8-5-17(24)13-20(19)26)27(18)21-9-4-16(14-25)12-15(21)2;1-13-10-14(22(24)30)2-7-19(13)26-16(5-9-21(28)29)4-8-20(26)17-6-3-15(23)11-18(17)25-12-27;;;/h4-6,8-10,12-13,15H,3,7,11H2,1-2H3,(H,27,29);4-6,8-10,12-13H,3,7,11,26H2,1-2H3;2-4,6-8,10-12H,5,9H2,1H3,(H2,24,30)(H,25,27)(H,28,29);3*1H4. The molecule has 0 saturated heterocycles. The molecule has 0 bridgehead atoms. The van der Waals surface area contributed by atoms with Crippen LogP contribution in [0.3, 0.4) is 0 Å². The Kier molecular flexibility index (Phi) is 28.5. The zero-order valence-electron chi connectivity index (χ0n) is 49.9. The summed E-state index contributed by atoms with van der Waals surface area (Å²) in [6.07, 6.45) is 2.96. The molecule has 0 saturated carbocycles. The summed E-state index contributed by atoms with van der Waals surface area (Å²) in [4.78, 5) is 68.7. The third-order valence-corrected chi connectivity index (χ3v) is 15.1. The average molecular weight is 1320 g/mol. The highest BCUT2D eigenvalue weighted by Crippen LogP contribution is 2.38. The number of carbonyl (C=O) groups excluding carboxylic acids is 5. The molecule has 0 atom stereocenters. The molecule has 21 heteroatoms. The van der Waals surface area contributed by atoms with Gasteiger partial charge in [-0.3, -0.25) is 28.8 Å². The third kappa shape index (κ3) is 18.9. The molecule has 6 aromatic carbocycles. The number of amides is 3. The average Bonchev–Trinajstić information content (AvgIpc) is 1.73. The summed E-state index contributed by atoms with van der Waals surface area (Å²) >= 11 is 18.3. The van der Waals surface area contributed by atoms with E-state index in [0.717, 1.165) is 79.0 Å². The predicted octanol–water partition coefficient (Wildman–Crippen LogP) is 15.8. The fourth-order valence-corrected chi connectivity index (χ4v) is 10.8. The van der Waals surface area contributed by atoms with Crippen LogP contribution < -0.4 is 22.1 Å². The quantitative estimate of drug-likeness (QED) is 0.0241. The number of ether oxygens (including phenoxy) is 2. The van der Waals surface area contributed by atoms with Crippen molar-refractivity contribution in [3.05, 3.63) is 211 Å². The molecule has 0 unspecified atom stereocenters. The normalized spacial score (nSPS) is 10.2. The number of nitriles is 2. The highest BCUT2D eigenvalue weighted by Gasteiger charge is 2.22. The lowest BCUT2D eigenvalue weighted by molar-refractivity contribution is -0.144. The highest BCUT2D eigenvalue weighted by atomic mass is 35.5. The summed E-state index contributed by atoms with van der Waals surface area (Å²) in [5.74, 6) is -1.92. The van der Waals surface area contributed by atoms with Crippen LogP contribution in [0.15, 0.2) is 146 Å². The summed E-state index contributed by atoms with van der Waals surface area (Å²) < 4.78 is 16.2. The van der Waals surface area contributed by atoms with Crippen LogP contribution in [-0.2, 0) is 52.7 Å². The Hall–Kier alpha value is -10.4. The molecule has 18 nitrogen and oxygen atoms in total. The number of aromatic nitrogens is 3. The van der Waals surface area contributed by atoms with E-state index in [1.807, 2.05) is 103 Å². The van der Waals surface area contributed by atoms with Gasteiger partial charge in [0, 0.05) is 77.2 Å². The minimum Gasteiger partial charge on any atom is -0.481 e. The number of aliphatic carboxylic acids is 1. The molecule has 0 aliphatic carbocycles. The molecule has 9 rings (SSSR count). The lowest BCUT2D eigenvalue weighted by atomic mass is 10.1. The van der Waals surface area contributed by atoms with Crippen molar-refractivity contribution < 1.29 is 43.3 Å². The maximum Gasteiger partial charge on any atom is 0.306 e. The molecular weight excluding hydrogens is 1240 g/mol. The van der Waals surface area contributed by atoms with Gasteiger partial charge in [-0.25, -0.2) is 0 Å². The van der Waals surface area contributed by atoms with Crippen LogP contribution in [0.5, 0.6) is 0 Å². The minimum absolute atomic E-state index is 0. The lowest BCUT2D eigenvalue weighted by Gasteiger charge is -2.18. The number of aryl methyl sites for hydroxylation is 6. The summed E-state index contributed by atoms with van der Waals surface area (Å²) in [6, 6.07) is 47.8. The van der Waals surface area contributed by atoms with Crippen molar-refractivity contribution in [1.29, 1.82) is 10.5 Å². The smallest absolute Gasteiger partial charge is 0.306 e. The van der Waals surface area contributed by atoms with E-state index < -0.39 is 11.9 Å². The summed E-state index contributed by atoms with van der Waals surface area (Å²) in [5.41, 5.74) is 27.5. The molecule has 484 valence electrons. The largest absolute Gasteiger partial charge is 0.481 e. The van der Waals surface area contributed by atoms with Crippen molar-refractivity contribution in [2.75, 3.05) is 29.6 Å². The highest BCUT2D eigenvalue weighted by molar-refractivity contribution is 6.31. The number of esters is 2. The number of anilines is 3. The first-order chi connectivity index (χ1) is 43.2. The molecule has 3 heterocycles. The molecule has 0 spiro atoms. The number of carboxylic acids is 1. The second-order valence-electron chi connectivity index (χ2n) is 20.4. The van der Waals surface area contributed by atoms with E-state index in [2.05, 4.69) is 27.3 Å². The van der Waals surface area contributed by atoms with Gasteiger partial charge in [0.2, 0.25) is 18.7 Å². The van der Waals surface area contributed by atoms with E-state index in [-0.39, 0.29) is 53.5 Å². The number of nitrogens with one attached hydrogen (secondary N) is 2. The van der Waals surface area contributed by atoms with Crippen LogP contribution in [0.4, 0.5) is 17.1 Å². The van der Waals surface area contributed by atoms with Gasteiger partial charge in [0.25, 0.3) is 0 Å². The van der Waals surface area contributed by atoms with Gasteiger partial charge in [-0.2, -0.15) is 10.5 Å². The van der Waals surface area contributed by atoms with Crippen molar-refractivity contribution in [2.24, 2.45) is 5.73 Å². The number of primary amides is 1. The Bertz CT molecular complexity index is 4250. The van der Waals surface area contributed by atoms with Gasteiger partial charge in [0.05, 0.1) is 84.2 Å². The predicted molar refractivity (Wildman–Crippen MR) is 371 cm³/mol. The van der Waals surface area contributed by atoms with Crippen molar-refractivity contribution >= 4 is 88.5 Å². The van der Waals surface area contributed by atoms with E-state index in [9.17, 15) is 39.3 Å². The maximum atomic E-state index is 11.9. The minimum atomic E-state index is -0.903. The van der Waals surface area contributed by atoms with Crippen LogP contribution in [0.25, 0.3) is 50.8 Å². The van der Waals surface area contributed by atoms with Crippen molar-refractivity contribution in [2.45, 2.75) is 95.4 Å². The number of hydrogen-bond acceptors (Lipinski definition) is 11. The van der Waals surface area contributed by atoms with Gasteiger partial charge in [0.15, 0.2) is 0 Å². The van der Waals surface area contributed by atoms with Crippen molar-refractivity contribution in [3.63, 3.8) is 0 Å². The Morgan fingerprint density at radius 2 is 0.882 bits per heavy atom. The lowest BCUT2D eigenvalue weighted by Crippen LogP contribution is -2.12. The molecule has 7 N–H and O–H groups in total. The van der Waals surface area contributed by atoms with Gasteiger partial charge in [-0.05, 0) is 216 Å². The maximum absolute atomic E-state index is 11.9. The van der Waals surface area contributed by atoms with Gasteiger partial charge in [-0.1, -0.05) is 57.1 Å². The fraction of sp³-hybridized carbons (Fsp3) is 0.222. The number of nitrogens with zero attached hydrogens (tertiary/aromatic N) is 5. The fourth-order valence-electron chi connectivity index (χ4n) is 10.3. The monoisotopic (exact) mass is 1320 g/mol. The molecule has 3 amide bonds. The third-order valence-electron chi connectivity index (χ3n) is 14.4. The summed E-state index contributed by atoms with van der Waals surface area (Å²) in [5, 5.41) is 34.5. The van der Waals surface area contributed by atoms with Gasteiger partial charge >= 0.3 is 17.9 Å². The first-order valence-corrected chi connectivity index (χ1v) is 29.5. The van der Waals surface area contributed by atoms with Crippen molar-refractivity contribution in [1.82, 2.24) is 13.7 Å². The molecule has 3 aromatic heterocycles. The number of carboxylic acid groups (broad SMARTS) is 1. The SMILES string of the molecule is C.C.C.CCOC(=O)CCc1ccc(-c2ccc(Cl)cc2N)n1-c1ccc(C#N)cc1C.CCOC(=O)CCc1ccc(-c2ccc(Cl)cc2NC=O)n1-c1ccc(C#N)cc1C.Cc1cc(C(N)=O)ccc1-n1c(CCC(=O)O)ccc1-c1ccc(Cl)cc1NC=O. The topological polar surface area (TPSA) is 280 Å². The van der Waals surface area contributed by atoms with Crippen LogP contribution in [-0.4, -0.2) is 68.7 Å². The van der Waals surface area contributed by atoms with Crippen LogP contribution in [0.2, 0.25) is 15.1 Å². The Morgan fingerprint density at radius 1 is 0.516 bits per heavy atom. The van der Waals surface area contributed by atoms with Crippen LogP contribution >= 0.6 is 34.8 Å². The molecule has 93 heavy (non-hydrogen) atoms. The van der Waals surface area contributed by atoms with Gasteiger partial charge in [-0.15, -0.1) is 0 Å². The molecule has 0 aliphatic heterocycles. The number of carbonyl (C=O) groups is 6. The van der Waals surface area contributed by atoms with E-state index in [0.29, 0.717) is 99.7 Å². The number of hydrogen-bond donors (Lipinski definition) is 5. The Balaban J connectivity index is 0.000000293. The van der Waals surface area contributed by atoms with Crippen LogP contribution in [0.1, 0.15) is 111 Å². The molecule has 0 fully saturated rings. The molecule has 0 radical (unpaired) electrons. The Morgan fingerprint density at radius 3 is 1.23 bits per heavy atom. The van der Waals surface area contributed by atoms with E-state index in [1.54, 1.807) is 86.6 Å². The van der Waals surface area contributed by atoms with Gasteiger partial charge in [0.1, 0.15) is 0 Å². The second kappa shape index (κ2) is 35.3. The van der Waals surface area contributed by atoms with E-state index in [1.165, 1.54) is 0 Å². The molecule has 0 aliphatic rings. The van der Waals surface area contributed by atoms with E-state index >= 15 is 0 Å². The van der Waals surface area contributed by atoms with Crippen molar-refractivity contribution in [3.8, 4) is 63.0 Å². The second-order valence-corrected chi connectivity index (χ2v) is 21.7.